The van der Waals surface area contributed by atoms with Gasteiger partial charge in [-0.2, -0.15) is 0 Å². The Labute approximate surface area is 119 Å². The van der Waals surface area contributed by atoms with Gasteiger partial charge in [0.1, 0.15) is 0 Å². The fourth-order valence-corrected chi connectivity index (χ4v) is 2.89. The first kappa shape index (κ1) is 13.3. The lowest BCUT2D eigenvalue weighted by Gasteiger charge is -2.45. The molecule has 0 aromatic heterocycles. The normalized spacial score (nSPS) is 27.4. The third-order valence-corrected chi connectivity index (χ3v) is 3.88. The maximum atomic E-state index is 11.2. The van der Waals surface area contributed by atoms with Crippen LogP contribution in [0.25, 0.3) is 0 Å². The van der Waals surface area contributed by atoms with Crippen LogP contribution < -0.4 is 0 Å². The smallest absolute Gasteiger partial charge is 0.212 e. The van der Waals surface area contributed by atoms with E-state index >= 15 is 0 Å². The number of hydrogen-bond donors (Lipinski definition) is 1. The third kappa shape index (κ3) is 2.24. The molecule has 3 rings (SSSR count). The van der Waals surface area contributed by atoms with E-state index in [9.17, 15) is 5.11 Å². The molecule has 104 valence electrons. The van der Waals surface area contributed by atoms with E-state index in [0.29, 0.717) is 6.61 Å². The zero-order valence-electron chi connectivity index (χ0n) is 11.6. The van der Waals surface area contributed by atoms with E-state index in [4.69, 9.17) is 4.74 Å². The summed E-state index contributed by atoms with van der Waals surface area (Å²) in [5.74, 6) is -1.31. The molecule has 2 aromatic carbocycles. The fraction of sp³-hybridized carbons (Fsp3) is 0.294. The minimum absolute atomic E-state index is 0.208. The van der Waals surface area contributed by atoms with E-state index in [-0.39, 0.29) is 6.04 Å². The first-order valence-corrected chi connectivity index (χ1v) is 6.89. The highest BCUT2D eigenvalue weighted by atomic mass is 16.6. The van der Waals surface area contributed by atoms with Gasteiger partial charge >= 0.3 is 0 Å². The SMILES string of the molecule is CN1CCOC(O)(c2ccccc2)C1c1ccccc1. The molecule has 2 atom stereocenters. The van der Waals surface area contributed by atoms with Crippen LogP contribution in [-0.4, -0.2) is 30.2 Å². The van der Waals surface area contributed by atoms with Crippen LogP contribution in [0.1, 0.15) is 17.2 Å². The molecule has 0 spiro atoms. The number of benzene rings is 2. The lowest BCUT2D eigenvalue weighted by molar-refractivity contribution is -0.278. The van der Waals surface area contributed by atoms with Crippen LogP contribution in [0.4, 0.5) is 0 Å². The Balaban J connectivity index is 2.07. The molecule has 0 saturated carbocycles. The van der Waals surface area contributed by atoms with Crippen LogP contribution in [0.5, 0.6) is 0 Å². The van der Waals surface area contributed by atoms with Crippen LogP contribution in [0.15, 0.2) is 60.7 Å². The number of hydrogen-bond acceptors (Lipinski definition) is 3. The van der Waals surface area contributed by atoms with E-state index in [1.807, 2.05) is 67.7 Å². The third-order valence-electron chi connectivity index (χ3n) is 3.88. The Bertz CT molecular complexity index is 558. The summed E-state index contributed by atoms with van der Waals surface area (Å²) in [6, 6.07) is 19.4. The predicted molar refractivity (Wildman–Crippen MR) is 78.1 cm³/mol. The maximum absolute atomic E-state index is 11.2. The molecular weight excluding hydrogens is 250 g/mol. The van der Waals surface area contributed by atoms with Gasteiger partial charge in [-0.15, -0.1) is 0 Å². The maximum Gasteiger partial charge on any atom is 0.212 e. The van der Waals surface area contributed by atoms with Crippen LogP contribution in [0, 0.1) is 0 Å². The molecule has 3 nitrogen and oxygen atoms in total. The van der Waals surface area contributed by atoms with Crippen molar-refractivity contribution in [2.24, 2.45) is 0 Å². The van der Waals surface area contributed by atoms with E-state index < -0.39 is 5.79 Å². The molecular formula is C17H19NO2. The van der Waals surface area contributed by atoms with Gasteiger partial charge in [0, 0.05) is 12.1 Å². The van der Waals surface area contributed by atoms with Gasteiger partial charge in [-0.1, -0.05) is 60.7 Å². The van der Waals surface area contributed by atoms with Gasteiger partial charge in [0.15, 0.2) is 0 Å². The summed E-state index contributed by atoms with van der Waals surface area (Å²) in [5.41, 5.74) is 1.85. The molecule has 1 N–H and O–H groups in total. The standard InChI is InChI=1S/C17H19NO2/c1-18-12-13-20-17(19,15-10-6-3-7-11-15)16(18)14-8-4-2-5-9-14/h2-11,16,19H,12-13H2,1H3. The minimum Gasteiger partial charge on any atom is -0.360 e. The molecule has 0 radical (unpaired) electrons. The summed E-state index contributed by atoms with van der Waals surface area (Å²) in [7, 11) is 2.02. The van der Waals surface area contributed by atoms with Gasteiger partial charge in [0.05, 0.1) is 12.6 Å². The van der Waals surface area contributed by atoms with Gasteiger partial charge in [-0.3, -0.25) is 4.90 Å². The first-order valence-electron chi connectivity index (χ1n) is 6.89. The average molecular weight is 269 g/mol. The summed E-state index contributed by atoms with van der Waals surface area (Å²) in [6.07, 6.45) is 0. The monoisotopic (exact) mass is 269 g/mol. The van der Waals surface area contributed by atoms with Crippen molar-refractivity contribution in [2.45, 2.75) is 11.8 Å². The van der Waals surface area contributed by atoms with Crippen molar-refractivity contribution in [2.75, 3.05) is 20.2 Å². The molecule has 1 heterocycles. The molecule has 1 aliphatic heterocycles. The molecule has 2 unspecified atom stereocenters. The summed E-state index contributed by atoms with van der Waals surface area (Å²) in [5, 5.41) is 11.2. The van der Waals surface area contributed by atoms with Crippen LogP contribution >= 0.6 is 0 Å². The van der Waals surface area contributed by atoms with Gasteiger partial charge in [0.25, 0.3) is 0 Å². The highest BCUT2D eigenvalue weighted by molar-refractivity contribution is 5.29. The van der Waals surface area contributed by atoms with E-state index in [1.54, 1.807) is 0 Å². The molecule has 1 saturated heterocycles. The molecule has 20 heavy (non-hydrogen) atoms. The Kier molecular flexibility index (Phi) is 3.57. The summed E-state index contributed by atoms with van der Waals surface area (Å²) >= 11 is 0. The second-order valence-electron chi connectivity index (χ2n) is 5.20. The highest BCUT2D eigenvalue weighted by Crippen LogP contribution is 2.42. The largest absolute Gasteiger partial charge is 0.360 e. The number of rotatable bonds is 2. The predicted octanol–water partition coefficient (Wildman–Crippen LogP) is 2.54. The van der Waals surface area contributed by atoms with Crippen molar-refractivity contribution in [1.29, 1.82) is 0 Å². The Morgan fingerprint density at radius 2 is 1.65 bits per heavy atom. The lowest BCUT2D eigenvalue weighted by Crippen LogP contribution is -2.50. The van der Waals surface area contributed by atoms with Gasteiger partial charge in [-0.25, -0.2) is 0 Å². The molecule has 0 amide bonds. The second kappa shape index (κ2) is 5.37. The zero-order valence-corrected chi connectivity index (χ0v) is 11.6. The number of ether oxygens (including phenoxy) is 1. The molecule has 3 heteroatoms. The van der Waals surface area contributed by atoms with Crippen molar-refractivity contribution in [3.05, 3.63) is 71.8 Å². The Morgan fingerprint density at radius 3 is 2.30 bits per heavy atom. The van der Waals surface area contributed by atoms with Crippen molar-refractivity contribution in [3.63, 3.8) is 0 Å². The van der Waals surface area contributed by atoms with Crippen molar-refractivity contribution >= 4 is 0 Å². The van der Waals surface area contributed by atoms with Gasteiger partial charge in [-0.05, 0) is 12.6 Å². The quantitative estimate of drug-likeness (QED) is 0.909. The molecule has 1 aliphatic rings. The van der Waals surface area contributed by atoms with Crippen LogP contribution in [0.2, 0.25) is 0 Å². The van der Waals surface area contributed by atoms with E-state index in [1.165, 1.54) is 0 Å². The zero-order chi connectivity index (χ0) is 14.0. The van der Waals surface area contributed by atoms with Gasteiger partial charge < -0.3 is 9.84 Å². The lowest BCUT2D eigenvalue weighted by atomic mass is 9.90. The van der Waals surface area contributed by atoms with Crippen molar-refractivity contribution < 1.29 is 9.84 Å². The topological polar surface area (TPSA) is 32.7 Å². The number of aliphatic hydroxyl groups is 1. The summed E-state index contributed by atoms with van der Waals surface area (Å²) < 4.78 is 5.80. The highest BCUT2D eigenvalue weighted by Gasteiger charge is 2.45. The molecule has 2 aromatic rings. The number of nitrogens with zero attached hydrogens (tertiary/aromatic N) is 1. The number of morpholine rings is 1. The number of likely N-dealkylation sites (N-methyl/N-ethyl adjacent to an activating group) is 1. The van der Waals surface area contributed by atoms with Crippen LogP contribution in [0.3, 0.4) is 0 Å². The fourth-order valence-electron chi connectivity index (χ4n) is 2.89. The molecule has 0 bridgehead atoms. The average Bonchev–Trinajstić information content (AvgIpc) is 2.49. The van der Waals surface area contributed by atoms with Crippen molar-refractivity contribution in [3.8, 4) is 0 Å². The van der Waals surface area contributed by atoms with E-state index in [2.05, 4.69) is 4.90 Å². The van der Waals surface area contributed by atoms with Crippen molar-refractivity contribution in [1.82, 2.24) is 4.90 Å². The Morgan fingerprint density at radius 1 is 1.05 bits per heavy atom. The minimum atomic E-state index is -1.31. The first-order chi connectivity index (χ1) is 9.72. The van der Waals surface area contributed by atoms with Gasteiger partial charge in [0.2, 0.25) is 5.79 Å². The Hall–Kier alpha value is -1.68. The van der Waals surface area contributed by atoms with Crippen LogP contribution in [-0.2, 0) is 10.5 Å². The summed E-state index contributed by atoms with van der Waals surface area (Å²) in [6.45, 7) is 1.32. The molecule has 0 aliphatic carbocycles. The molecule has 1 fully saturated rings. The van der Waals surface area contributed by atoms with E-state index in [0.717, 1.165) is 17.7 Å². The second-order valence-corrected chi connectivity index (χ2v) is 5.20. The summed E-state index contributed by atoms with van der Waals surface area (Å²) in [4.78, 5) is 2.14.